The van der Waals surface area contributed by atoms with Crippen molar-refractivity contribution in [2.75, 3.05) is 6.54 Å². The molecule has 0 radical (unpaired) electrons. The Hall–Kier alpha value is -3.41. The number of nitrogens with one attached hydrogen (secondary N) is 1. The Kier molecular flexibility index (Phi) is 4.62. The molecule has 0 saturated carbocycles. The van der Waals surface area contributed by atoms with Crippen LogP contribution in [0.25, 0.3) is 22.2 Å². The lowest BCUT2D eigenvalue weighted by Gasteiger charge is -2.27. The van der Waals surface area contributed by atoms with Gasteiger partial charge in [-0.3, -0.25) is 4.79 Å². The number of carbonyl (C=O) groups excluding carboxylic acids is 1. The Bertz CT molecular complexity index is 1220. The van der Waals surface area contributed by atoms with Crippen LogP contribution in [0.2, 0.25) is 0 Å². The van der Waals surface area contributed by atoms with Gasteiger partial charge in [-0.1, -0.05) is 11.6 Å². The van der Waals surface area contributed by atoms with Crippen molar-refractivity contribution in [3.8, 4) is 11.3 Å². The number of nitrogens with zero attached hydrogens (tertiary/aromatic N) is 2. The fraction of sp³-hybridized carbons (Fsp3) is 0.250. The van der Waals surface area contributed by atoms with Crippen molar-refractivity contribution in [2.45, 2.75) is 32.7 Å². The Morgan fingerprint density at radius 3 is 2.90 bits per heavy atom. The summed E-state index contributed by atoms with van der Waals surface area (Å²) < 4.78 is 18.8. The van der Waals surface area contributed by atoms with Gasteiger partial charge in [0.15, 0.2) is 11.7 Å². The molecule has 1 aliphatic rings. The average molecular weight is 403 g/mol. The minimum absolute atomic E-state index is 0.101. The van der Waals surface area contributed by atoms with Gasteiger partial charge in [-0.2, -0.15) is 0 Å². The molecule has 0 unspecified atom stereocenters. The number of benzene rings is 2. The van der Waals surface area contributed by atoms with E-state index in [1.54, 1.807) is 18.3 Å². The highest BCUT2D eigenvalue weighted by atomic mass is 19.1. The molecule has 0 aliphatic carbocycles. The number of amides is 1. The van der Waals surface area contributed by atoms with Crippen molar-refractivity contribution in [3.05, 3.63) is 77.2 Å². The second kappa shape index (κ2) is 7.44. The average Bonchev–Trinajstić information content (AvgIpc) is 3.36. The third-order valence-electron chi connectivity index (χ3n) is 5.72. The standard InChI is InChI=1S/C24H22FN3O2/c1-15-2-7-20-18(12-15)19-14-28(11-10-21(19)27-20)24(29)9-8-23-26-13-22(30-23)16-3-5-17(25)6-4-16/h2-7,12-13,27H,8-11,14H2,1H3. The SMILES string of the molecule is Cc1ccc2[nH]c3c(c2c1)CN(C(=O)CCc1ncc(-c2ccc(F)cc2)o1)CC3. The number of H-pyrrole nitrogens is 1. The Labute approximate surface area is 173 Å². The number of hydrogen-bond donors (Lipinski definition) is 1. The van der Waals surface area contributed by atoms with Gasteiger partial charge in [0.2, 0.25) is 5.91 Å². The monoisotopic (exact) mass is 403 g/mol. The quantitative estimate of drug-likeness (QED) is 0.533. The van der Waals surface area contributed by atoms with Crippen LogP contribution in [0.15, 0.2) is 53.1 Å². The number of hydrogen-bond acceptors (Lipinski definition) is 3. The minimum atomic E-state index is -0.292. The van der Waals surface area contributed by atoms with Crippen LogP contribution in [0.4, 0.5) is 4.39 Å². The molecule has 1 N–H and O–H groups in total. The van der Waals surface area contributed by atoms with Crippen LogP contribution in [-0.4, -0.2) is 27.3 Å². The molecule has 6 heteroatoms. The van der Waals surface area contributed by atoms with Crippen LogP contribution in [0.1, 0.15) is 29.1 Å². The fourth-order valence-electron chi connectivity index (χ4n) is 4.09. The number of oxazole rings is 1. The molecule has 4 aromatic rings. The summed E-state index contributed by atoms with van der Waals surface area (Å²) in [7, 11) is 0. The number of aryl methyl sites for hydroxylation is 2. The first-order chi connectivity index (χ1) is 14.6. The topological polar surface area (TPSA) is 62.1 Å². The maximum Gasteiger partial charge on any atom is 0.223 e. The summed E-state index contributed by atoms with van der Waals surface area (Å²) in [6.07, 6.45) is 3.24. The molecule has 152 valence electrons. The van der Waals surface area contributed by atoms with Crippen molar-refractivity contribution >= 4 is 16.8 Å². The van der Waals surface area contributed by atoms with Crippen LogP contribution in [-0.2, 0) is 24.2 Å². The zero-order valence-corrected chi connectivity index (χ0v) is 16.7. The summed E-state index contributed by atoms with van der Waals surface area (Å²) in [6, 6.07) is 12.5. The number of carbonyl (C=O) groups is 1. The molecule has 30 heavy (non-hydrogen) atoms. The molecule has 0 fully saturated rings. The first kappa shape index (κ1) is 18.6. The zero-order valence-electron chi connectivity index (χ0n) is 16.7. The lowest BCUT2D eigenvalue weighted by molar-refractivity contribution is -0.132. The van der Waals surface area contributed by atoms with Crippen LogP contribution >= 0.6 is 0 Å². The molecule has 5 rings (SSSR count). The lowest BCUT2D eigenvalue weighted by Crippen LogP contribution is -2.35. The van der Waals surface area contributed by atoms with Crippen molar-refractivity contribution in [3.63, 3.8) is 0 Å². The van der Waals surface area contributed by atoms with E-state index in [-0.39, 0.29) is 11.7 Å². The van der Waals surface area contributed by atoms with E-state index >= 15 is 0 Å². The van der Waals surface area contributed by atoms with E-state index < -0.39 is 0 Å². The summed E-state index contributed by atoms with van der Waals surface area (Å²) in [6.45, 7) is 3.43. The second-order valence-corrected chi connectivity index (χ2v) is 7.82. The summed E-state index contributed by atoms with van der Waals surface area (Å²) in [5.74, 6) is 0.903. The van der Waals surface area contributed by atoms with Gasteiger partial charge < -0.3 is 14.3 Å². The third kappa shape index (κ3) is 3.49. The molecule has 0 bridgehead atoms. The minimum Gasteiger partial charge on any atom is -0.441 e. The first-order valence-electron chi connectivity index (χ1n) is 10.2. The number of aromatic nitrogens is 2. The highest BCUT2D eigenvalue weighted by Gasteiger charge is 2.24. The van der Waals surface area contributed by atoms with Gasteiger partial charge in [0.25, 0.3) is 0 Å². The highest BCUT2D eigenvalue weighted by molar-refractivity contribution is 5.86. The number of rotatable bonds is 4. The summed E-state index contributed by atoms with van der Waals surface area (Å²) >= 11 is 0. The predicted molar refractivity (Wildman–Crippen MR) is 112 cm³/mol. The smallest absolute Gasteiger partial charge is 0.223 e. The van der Waals surface area contributed by atoms with E-state index in [0.29, 0.717) is 37.6 Å². The molecule has 3 heterocycles. The van der Waals surface area contributed by atoms with Gasteiger partial charge in [-0.05, 0) is 43.3 Å². The van der Waals surface area contributed by atoms with Crippen LogP contribution in [0, 0.1) is 12.7 Å². The molecular formula is C24H22FN3O2. The maximum absolute atomic E-state index is 13.1. The van der Waals surface area contributed by atoms with E-state index in [0.717, 1.165) is 17.5 Å². The number of halogens is 1. The largest absolute Gasteiger partial charge is 0.441 e. The number of fused-ring (bicyclic) bond motifs is 3. The Morgan fingerprint density at radius 1 is 1.23 bits per heavy atom. The van der Waals surface area contributed by atoms with Gasteiger partial charge in [0.1, 0.15) is 5.82 Å². The lowest BCUT2D eigenvalue weighted by atomic mass is 10.0. The molecule has 0 saturated heterocycles. The van der Waals surface area contributed by atoms with E-state index in [1.165, 1.54) is 34.3 Å². The van der Waals surface area contributed by atoms with Crippen molar-refractivity contribution in [2.24, 2.45) is 0 Å². The van der Waals surface area contributed by atoms with Crippen molar-refractivity contribution in [1.29, 1.82) is 0 Å². The molecular weight excluding hydrogens is 381 g/mol. The highest BCUT2D eigenvalue weighted by Crippen LogP contribution is 2.29. The first-order valence-corrected chi connectivity index (χ1v) is 10.2. The van der Waals surface area contributed by atoms with E-state index in [9.17, 15) is 9.18 Å². The molecule has 1 amide bonds. The summed E-state index contributed by atoms with van der Waals surface area (Å²) in [5, 5.41) is 1.21. The Balaban J connectivity index is 1.25. The second-order valence-electron chi connectivity index (χ2n) is 7.82. The van der Waals surface area contributed by atoms with Crippen molar-refractivity contribution < 1.29 is 13.6 Å². The van der Waals surface area contributed by atoms with E-state index in [2.05, 4.69) is 35.1 Å². The van der Waals surface area contributed by atoms with Crippen LogP contribution in [0.5, 0.6) is 0 Å². The zero-order chi connectivity index (χ0) is 20.7. The van der Waals surface area contributed by atoms with Crippen molar-refractivity contribution in [1.82, 2.24) is 14.9 Å². The fourth-order valence-corrected chi connectivity index (χ4v) is 4.09. The third-order valence-corrected chi connectivity index (χ3v) is 5.72. The van der Waals surface area contributed by atoms with Gasteiger partial charge in [0.05, 0.1) is 6.20 Å². The van der Waals surface area contributed by atoms with Gasteiger partial charge in [0, 0.05) is 60.1 Å². The molecule has 0 atom stereocenters. The summed E-state index contributed by atoms with van der Waals surface area (Å²) in [5.41, 5.74) is 5.57. The predicted octanol–water partition coefficient (Wildman–Crippen LogP) is 4.79. The Morgan fingerprint density at radius 2 is 2.07 bits per heavy atom. The van der Waals surface area contributed by atoms with Gasteiger partial charge in [-0.15, -0.1) is 0 Å². The number of aromatic amines is 1. The molecule has 1 aliphatic heterocycles. The summed E-state index contributed by atoms with van der Waals surface area (Å²) in [4.78, 5) is 22.5. The van der Waals surface area contributed by atoms with Crippen LogP contribution < -0.4 is 0 Å². The normalized spacial score (nSPS) is 13.6. The molecule has 2 aromatic heterocycles. The van der Waals surface area contributed by atoms with Crippen LogP contribution in [0.3, 0.4) is 0 Å². The maximum atomic E-state index is 13.1. The van der Waals surface area contributed by atoms with E-state index in [4.69, 9.17) is 4.42 Å². The van der Waals surface area contributed by atoms with Gasteiger partial charge in [-0.25, -0.2) is 9.37 Å². The van der Waals surface area contributed by atoms with Gasteiger partial charge >= 0.3 is 0 Å². The van der Waals surface area contributed by atoms with E-state index in [1.807, 2.05) is 4.90 Å². The molecule has 5 nitrogen and oxygen atoms in total. The molecule has 0 spiro atoms. The molecule has 2 aromatic carbocycles.